The van der Waals surface area contributed by atoms with Gasteiger partial charge in [0.25, 0.3) is 0 Å². The summed E-state index contributed by atoms with van der Waals surface area (Å²) in [4.78, 5) is 12.3. The molecule has 0 saturated carbocycles. The number of aliphatic hydroxyl groups excluding tert-OH is 1. The van der Waals surface area contributed by atoms with Gasteiger partial charge in [-0.3, -0.25) is 0 Å². The highest BCUT2D eigenvalue weighted by Gasteiger charge is 2.37. The van der Waals surface area contributed by atoms with Crippen molar-refractivity contribution in [1.29, 1.82) is 0 Å². The van der Waals surface area contributed by atoms with Crippen LogP contribution in [0.2, 0.25) is 0 Å². The lowest BCUT2D eigenvalue weighted by Crippen LogP contribution is -2.36. The molecule has 1 saturated heterocycles. The number of hydrogen-bond acceptors (Lipinski definition) is 3. The number of likely N-dealkylation sites (N-methyl/N-ethyl adjacent to an activating group) is 1. The van der Waals surface area contributed by atoms with E-state index in [1.54, 1.807) is 7.05 Å². The first-order valence-corrected chi connectivity index (χ1v) is 3.75. The van der Waals surface area contributed by atoms with Gasteiger partial charge in [0.1, 0.15) is 6.10 Å². The zero-order valence-corrected chi connectivity index (χ0v) is 6.78. The van der Waals surface area contributed by atoms with E-state index in [1.165, 1.54) is 4.90 Å². The van der Waals surface area contributed by atoms with Gasteiger partial charge >= 0.3 is 6.09 Å². The van der Waals surface area contributed by atoms with Crippen LogP contribution < -0.4 is 0 Å². The molecule has 1 N–H and O–H groups in total. The number of amides is 1. The second-order valence-electron chi connectivity index (χ2n) is 2.69. The van der Waals surface area contributed by atoms with Gasteiger partial charge in [-0.2, -0.15) is 0 Å². The molecule has 0 spiro atoms. The van der Waals surface area contributed by atoms with Gasteiger partial charge in [0.15, 0.2) is 0 Å². The van der Waals surface area contributed by atoms with E-state index in [-0.39, 0.29) is 24.8 Å². The summed E-state index contributed by atoms with van der Waals surface area (Å²) < 4.78 is 4.95. The van der Waals surface area contributed by atoms with Crippen molar-refractivity contribution in [2.45, 2.75) is 25.5 Å². The van der Waals surface area contributed by atoms with E-state index < -0.39 is 0 Å². The van der Waals surface area contributed by atoms with Gasteiger partial charge in [-0.05, 0) is 6.42 Å². The molecule has 11 heavy (non-hydrogen) atoms. The van der Waals surface area contributed by atoms with E-state index >= 15 is 0 Å². The van der Waals surface area contributed by atoms with Crippen molar-refractivity contribution in [3.05, 3.63) is 0 Å². The van der Waals surface area contributed by atoms with Crippen LogP contribution in [0.15, 0.2) is 0 Å². The van der Waals surface area contributed by atoms with Gasteiger partial charge in [-0.1, -0.05) is 6.92 Å². The van der Waals surface area contributed by atoms with Gasteiger partial charge < -0.3 is 14.7 Å². The van der Waals surface area contributed by atoms with Crippen molar-refractivity contribution in [2.24, 2.45) is 0 Å². The summed E-state index contributed by atoms with van der Waals surface area (Å²) in [7, 11) is 1.64. The van der Waals surface area contributed by atoms with E-state index in [0.29, 0.717) is 0 Å². The molecule has 0 bridgehead atoms. The van der Waals surface area contributed by atoms with Crippen LogP contribution in [-0.2, 0) is 4.74 Å². The third-order valence-electron chi connectivity index (χ3n) is 2.06. The first kappa shape index (κ1) is 8.33. The van der Waals surface area contributed by atoms with Gasteiger partial charge in [0, 0.05) is 7.05 Å². The number of nitrogens with zero attached hydrogens (tertiary/aromatic N) is 1. The highest BCUT2D eigenvalue weighted by molar-refractivity contribution is 5.70. The summed E-state index contributed by atoms with van der Waals surface area (Å²) in [6, 6.07) is -0.160. The Labute approximate surface area is 65.8 Å². The Hall–Kier alpha value is -0.770. The second kappa shape index (κ2) is 3.09. The topological polar surface area (TPSA) is 49.8 Å². The maximum Gasteiger partial charge on any atom is 0.410 e. The van der Waals surface area contributed by atoms with Crippen molar-refractivity contribution in [1.82, 2.24) is 4.90 Å². The summed E-state index contributed by atoms with van der Waals surface area (Å²) in [5.41, 5.74) is 0. The molecule has 0 aromatic carbocycles. The molecule has 0 aromatic heterocycles. The molecular formula is C7H13NO3. The third-order valence-corrected chi connectivity index (χ3v) is 2.06. The molecule has 1 rings (SSSR count). The van der Waals surface area contributed by atoms with Crippen LogP contribution in [-0.4, -0.2) is 41.9 Å². The molecule has 0 aromatic rings. The fourth-order valence-corrected chi connectivity index (χ4v) is 1.27. The van der Waals surface area contributed by atoms with Crippen molar-refractivity contribution in [3.8, 4) is 0 Å². The molecule has 0 radical (unpaired) electrons. The zero-order valence-electron chi connectivity index (χ0n) is 6.78. The monoisotopic (exact) mass is 159 g/mol. The number of carbonyl (C=O) groups excluding carboxylic acids is 1. The first-order valence-electron chi connectivity index (χ1n) is 3.75. The predicted octanol–water partition coefficient (Wildman–Crippen LogP) is 0.208. The number of hydrogen-bond donors (Lipinski definition) is 1. The van der Waals surface area contributed by atoms with Crippen LogP contribution in [0.5, 0.6) is 0 Å². The van der Waals surface area contributed by atoms with E-state index in [2.05, 4.69) is 0 Å². The van der Waals surface area contributed by atoms with E-state index in [0.717, 1.165) is 6.42 Å². The molecule has 64 valence electrons. The molecule has 1 aliphatic rings. The molecule has 1 amide bonds. The average molecular weight is 159 g/mol. The van der Waals surface area contributed by atoms with Crippen LogP contribution >= 0.6 is 0 Å². The van der Waals surface area contributed by atoms with Crippen LogP contribution in [0.1, 0.15) is 13.3 Å². The number of aliphatic hydroxyl groups is 1. The van der Waals surface area contributed by atoms with Crippen molar-refractivity contribution in [2.75, 3.05) is 13.7 Å². The molecule has 1 heterocycles. The second-order valence-corrected chi connectivity index (χ2v) is 2.69. The summed E-state index contributed by atoms with van der Waals surface area (Å²) in [6.07, 6.45) is 0.273. The quantitative estimate of drug-likeness (QED) is 0.626. The fraction of sp³-hybridized carbons (Fsp3) is 0.857. The minimum Gasteiger partial charge on any atom is -0.444 e. The Morgan fingerprint density at radius 2 is 2.36 bits per heavy atom. The van der Waals surface area contributed by atoms with E-state index in [4.69, 9.17) is 9.84 Å². The van der Waals surface area contributed by atoms with Crippen LogP contribution in [0.3, 0.4) is 0 Å². The minimum atomic E-state index is -0.337. The van der Waals surface area contributed by atoms with E-state index in [1.807, 2.05) is 6.92 Å². The van der Waals surface area contributed by atoms with Crippen molar-refractivity contribution < 1.29 is 14.6 Å². The Balaban J connectivity index is 2.64. The number of ether oxygens (including phenoxy) is 1. The maximum atomic E-state index is 10.9. The number of cyclic esters (lactones) is 1. The van der Waals surface area contributed by atoms with Gasteiger partial charge in [-0.25, -0.2) is 4.79 Å². The van der Waals surface area contributed by atoms with Crippen molar-refractivity contribution in [3.63, 3.8) is 0 Å². The highest BCUT2D eigenvalue weighted by Crippen LogP contribution is 2.19. The lowest BCUT2D eigenvalue weighted by Gasteiger charge is -2.16. The van der Waals surface area contributed by atoms with Gasteiger partial charge in [-0.15, -0.1) is 0 Å². The van der Waals surface area contributed by atoms with Gasteiger partial charge in [0.2, 0.25) is 0 Å². The normalized spacial score (nSPS) is 30.8. The molecule has 4 nitrogen and oxygen atoms in total. The third kappa shape index (κ3) is 1.30. The summed E-state index contributed by atoms with van der Waals surface area (Å²) in [5, 5.41) is 8.88. The van der Waals surface area contributed by atoms with E-state index in [9.17, 15) is 4.79 Å². The average Bonchev–Trinajstić information content (AvgIpc) is 2.28. The summed E-state index contributed by atoms with van der Waals surface area (Å²) in [6.45, 7) is 1.90. The van der Waals surface area contributed by atoms with Crippen LogP contribution in [0, 0.1) is 0 Å². The lowest BCUT2D eigenvalue weighted by molar-refractivity contribution is 0.115. The molecule has 0 aliphatic carbocycles. The Morgan fingerprint density at radius 1 is 1.73 bits per heavy atom. The first-order chi connectivity index (χ1) is 5.20. The zero-order chi connectivity index (χ0) is 8.43. The fourth-order valence-electron chi connectivity index (χ4n) is 1.27. The largest absolute Gasteiger partial charge is 0.444 e. The van der Waals surface area contributed by atoms with Gasteiger partial charge in [0.05, 0.1) is 12.6 Å². The van der Waals surface area contributed by atoms with Crippen LogP contribution in [0.25, 0.3) is 0 Å². The summed E-state index contributed by atoms with van der Waals surface area (Å²) >= 11 is 0. The molecule has 1 fully saturated rings. The van der Waals surface area contributed by atoms with Crippen LogP contribution in [0.4, 0.5) is 4.79 Å². The molecule has 2 unspecified atom stereocenters. The van der Waals surface area contributed by atoms with Crippen molar-refractivity contribution >= 4 is 6.09 Å². The summed E-state index contributed by atoms with van der Waals surface area (Å²) in [5.74, 6) is 0. The molecular weight excluding hydrogens is 146 g/mol. The Morgan fingerprint density at radius 3 is 2.73 bits per heavy atom. The highest BCUT2D eigenvalue weighted by atomic mass is 16.6. The Kier molecular flexibility index (Phi) is 2.34. The molecule has 4 heteroatoms. The lowest BCUT2D eigenvalue weighted by atomic mass is 10.1. The number of rotatable bonds is 2. The SMILES string of the molecule is CCC1OC(=O)N(C)C1CO. The standard InChI is InChI=1S/C7H13NO3/c1-3-6-5(4-9)8(2)7(10)11-6/h5-6,9H,3-4H2,1-2H3. The molecule has 1 aliphatic heterocycles. The minimum absolute atomic E-state index is 0.0270. The Bertz CT molecular complexity index is 160. The maximum absolute atomic E-state index is 10.9. The number of carbonyl (C=O) groups is 1. The smallest absolute Gasteiger partial charge is 0.410 e. The molecule has 2 atom stereocenters. The predicted molar refractivity (Wildman–Crippen MR) is 39.2 cm³/mol.